The molecule has 0 amide bonds. The molecule has 3 heterocycles. The Bertz CT molecular complexity index is 1120. The Hall–Kier alpha value is -2.72. The molecule has 1 aliphatic rings. The molecule has 1 aromatic carbocycles. The lowest BCUT2D eigenvalue weighted by Gasteiger charge is -2.31. The zero-order valence-corrected chi connectivity index (χ0v) is 15.4. The van der Waals surface area contributed by atoms with Crippen LogP contribution in [-0.2, 0) is 17.1 Å². The number of hydrogen-bond acceptors (Lipinski definition) is 7. The number of benzene rings is 1. The van der Waals surface area contributed by atoms with Crippen LogP contribution >= 0.6 is 0 Å². The summed E-state index contributed by atoms with van der Waals surface area (Å²) in [4.78, 5) is 19.8. The number of sulfonamides is 1. The number of fused-ring (bicyclic) bond motifs is 1. The predicted octanol–water partition coefficient (Wildman–Crippen LogP) is 1.15. The molecule has 0 unspecified atom stereocenters. The van der Waals surface area contributed by atoms with Crippen LogP contribution in [0.1, 0.15) is 12.8 Å². The molecule has 1 aliphatic heterocycles. The fourth-order valence-electron chi connectivity index (χ4n) is 3.13. The third-order valence-electron chi connectivity index (χ3n) is 4.56. The van der Waals surface area contributed by atoms with Gasteiger partial charge in [-0.3, -0.25) is 4.57 Å². The fraction of sp³-hybridized carbons (Fsp3) is 0.353. The number of nitrogens with zero attached hydrogens (tertiary/aromatic N) is 4. The van der Waals surface area contributed by atoms with E-state index >= 15 is 0 Å². The van der Waals surface area contributed by atoms with Crippen molar-refractivity contribution in [3.05, 3.63) is 47.2 Å². The molecule has 142 valence electrons. The lowest BCUT2D eigenvalue weighted by Crippen LogP contribution is -2.44. The van der Waals surface area contributed by atoms with Gasteiger partial charge < -0.3 is 9.15 Å². The van der Waals surface area contributed by atoms with Crippen molar-refractivity contribution < 1.29 is 17.6 Å². The molecule has 10 heteroatoms. The van der Waals surface area contributed by atoms with E-state index in [2.05, 4.69) is 9.97 Å². The Morgan fingerprint density at radius 1 is 1.26 bits per heavy atom. The van der Waals surface area contributed by atoms with Crippen LogP contribution in [-0.4, -0.2) is 46.5 Å². The van der Waals surface area contributed by atoms with Gasteiger partial charge in [0.1, 0.15) is 6.10 Å². The quantitative estimate of drug-likeness (QED) is 0.658. The standard InChI is InChI=1S/C17H18N4O5S/c1-20-14-10-13(5-6-15(14)26-17(20)22)27(23,24)21-9-2-4-12(11-21)25-16-18-7-3-8-19-16/h3,5-8,10,12H,2,4,9,11H2,1H3/t12-/m1/s1. The van der Waals surface area contributed by atoms with Crippen LogP contribution < -0.4 is 10.5 Å². The van der Waals surface area contributed by atoms with Crippen molar-refractivity contribution in [2.45, 2.75) is 23.8 Å². The molecule has 0 bridgehead atoms. The molecular formula is C17H18N4O5S. The molecule has 0 N–H and O–H groups in total. The first-order valence-corrected chi connectivity index (χ1v) is 9.92. The van der Waals surface area contributed by atoms with Gasteiger partial charge in [0, 0.05) is 26.0 Å². The summed E-state index contributed by atoms with van der Waals surface area (Å²) in [6.45, 7) is 0.614. The zero-order valence-electron chi connectivity index (χ0n) is 14.6. The highest BCUT2D eigenvalue weighted by Crippen LogP contribution is 2.25. The van der Waals surface area contributed by atoms with Gasteiger partial charge in [0.15, 0.2) is 5.58 Å². The minimum atomic E-state index is -3.73. The molecule has 2 aromatic heterocycles. The first-order valence-electron chi connectivity index (χ1n) is 8.48. The second-order valence-electron chi connectivity index (χ2n) is 6.33. The van der Waals surface area contributed by atoms with Gasteiger partial charge in [-0.05, 0) is 37.1 Å². The van der Waals surface area contributed by atoms with Gasteiger partial charge in [-0.1, -0.05) is 0 Å². The highest BCUT2D eigenvalue weighted by Gasteiger charge is 2.32. The smallest absolute Gasteiger partial charge is 0.419 e. The normalized spacial score (nSPS) is 18.6. The minimum Gasteiger partial charge on any atom is -0.459 e. The van der Waals surface area contributed by atoms with Crippen molar-refractivity contribution in [2.24, 2.45) is 7.05 Å². The van der Waals surface area contributed by atoms with E-state index in [-0.39, 0.29) is 23.6 Å². The molecule has 0 spiro atoms. The van der Waals surface area contributed by atoms with Crippen LogP contribution in [0.25, 0.3) is 11.1 Å². The van der Waals surface area contributed by atoms with Crippen LogP contribution in [0, 0.1) is 0 Å². The first kappa shape index (κ1) is 17.7. The zero-order chi connectivity index (χ0) is 19.0. The summed E-state index contributed by atoms with van der Waals surface area (Å²) in [6, 6.07) is 6.33. The molecule has 27 heavy (non-hydrogen) atoms. The first-order chi connectivity index (χ1) is 12.9. The summed E-state index contributed by atoms with van der Waals surface area (Å²) in [6.07, 6.45) is 4.22. The van der Waals surface area contributed by atoms with E-state index in [0.717, 1.165) is 6.42 Å². The molecule has 9 nitrogen and oxygen atoms in total. The molecule has 3 aromatic rings. The van der Waals surface area contributed by atoms with Crippen molar-refractivity contribution in [3.63, 3.8) is 0 Å². The van der Waals surface area contributed by atoms with Gasteiger partial charge in [-0.2, -0.15) is 4.31 Å². The van der Waals surface area contributed by atoms with E-state index in [4.69, 9.17) is 9.15 Å². The third kappa shape index (κ3) is 3.33. The summed E-state index contributed by atoms with van der Waals surface area (Å²) in [5, 5.41) is 0. The number of hydrogen-bond donors (Lipinski definition) is 0. The predicted molar refractivity (Wildman–Crippen MR) is 95.9 cm³/mol. The number of oxazole rings is 1. The van der Waals surface area contributed by atoms with E-state index < -0.39 is 15.8 Å². The maximum absolute atomic E-state index is 13.1. The van der Waals surface area contributed by atoms with Gasteiger partial charge in [0.25, 0.3) is 0 Å². The highest BCUT2D eigenvalue weighted by molar-refractivity contribution is 7.89. The monoisotopic (exact) mass is 390 g/mol. The van der Waals surface area contributed by atoms with Gasteiger partial charge in [-0.25, -0.2) is 23.2 Å². The van der Waals surface area contributed by atoms with Gasteiger partial charge in [0.2, 0.25) is 10.0 Å². The Kier molecular flexibility index (Phi) is 4.44. The molecule has 0 saturated carbocycles. The highest BCUT2D eigenvalue weighted by atomic mass is 32.2. The van der Waals surface area contributed by atoms with Gasteiger partial charge >= 0.3 is 11.8 Å². The molecule has 1 atom stereocenters. The summed E-state index contributed by atoms with van der Waals surface area (Å²) in [7, 11) is -2.19. The van der Waals surface area contributed by atoms with Crippen LogP contribution in [0.2, 0.25) is 0 Å². The number of aromatic nitrogens is 3. The van der Waals surface area contributed by atoms with Crippen LogP contribution in [0.3, 0.4) is 0 Å². The summed E-state index contributed by atoms with van der Waals surface area (Å²) < 4.78 is 39.6. The van der Waals surface area contributed by atoms with E-state index in [1.807, 2.05) is 0 Å². The largest absolute Gasteiger partial charge is 0.459 e. The van der Waals surface area contributed by atoms with Gasteiger partial charge in [0.05, 0.1) is 17.0 Å². The van der Waals surface area contributed by atoms with Crippen molar-refractivity contribution in [2.75, 3.05) is 13.1 Å². The van der Waals surface area contributed by atoms with Gasteiger partial charge in [-0.15, -0.1) is 0 Å². The Morgan fingerprint density at radius 3 is 2.81 bits per heavy atom. The Morgan fingerprint density at radius 2 is 2.04 bits per heavy atom. The SMILES string of the molecule is Cn1c(=O)oc2ccc(S(=O)(=O)N3CCC[C@@H](Oc4ncccn4)C3)cc21. The Labute approximate surface area is 155 Å². The van der Waals surface area contributed by atoms with Crippen molar-refractivity contribution >= 4 is 21.1 Å². The summed E-state index contributed by atoms with van der Waals surface area (Å²) in [5.74, 6) is -0.533. The number of rotatable bonds is 4. The van der Waals surface area contributed by atoms with Crippen LogP contribution in [0.15, 0.2) is 50.8 Å². The van der Waals surface area contributed by atoms with E-state index in [1.165, 1.54) is 34.1 Å². The minimum absolute atomic E-state index is 0.114. The number of aryl methyl sites for hydroxylation is 1. The van der Waals surface area contributed by atoms with Crippen LogP contribution in [0.4, 0.5) is 0 Å². The fourth-order valence-corrected chi connectivity index (χ4v) is 4.66. The van der Waals surface area contributed by atoms with Crippen molar-refractivity contribution in [1.29, 1.82) is 0 Å². The summed E-state index contributed by atoms with van der Waals surface area (Å²) >= 11 is 0. The molecule has 1 fully saturated rings. The number of ether oxygens (including phenoxy) is 1. The Balaban J connectivity index is 1.59. The van der Waals surface area contributed by atoms with Crippen molar-refractivity contribution in [3.8, 4) is 6.01 Å². The molecule has 0 radical (unpaired) electrons. The third-order valence-corrected chi connectivity index (χ3v) is 6.42. The summed E-state index contributed by atoms with van der Waals surface area (Å²) in [5.41, 5.74) is 0.783. The second kappa shape index (κ2) is 6.78. The lowest BCUT2D eigenvalue weighted by atomic mass is 10.1. The molecule has 4 rings (SSSR count). The average Bonchev–Trinajstić information content (AvgIpc) is 2.96. The van der Waals surface area contributed by atoms with Crippen molar-refractivity contribution in [1.82, 2.24) is 18.8 Å². The average molecular weight is 390 g/mol. The number of piperidine rings is 1. The van der Waals surface area contributed by atoms with E-state index in [0.29, 0.717) is 24.1 Å². The second-order valence-corrected chi connectivity index (χ2v) is 8.27. The molecule has 1 saturated heterocycles. The lowest BCUT2D eigenvalue weighted by molar-refractivity contribution is 0.119. The molecular weight excluding hydrogens is 372 g/mol. The molecule has 0 aliphatic carbocycles. The van der Waals surface area contributed by atoms with Crippen LogP contribution in [0.5, 0.6) is 6.01 Å². The maximum Gasteiger partial charge on any atom is 0.419 e. The van der Waals surface area contributed by atoms with E-state index in [9.17, 15) is 13.2 Å². The van der Waals surface area contributed by atoms with E-state index in [1.54, 1.807) is 18.5 Å². The topological polar surface area (TPSA) is 108 Å². The maximum atomic E-state index is 13.1.